The van der Waals surface area contributed by atoms with Crippen LogP contribution in [0.3, 0.4) is 0 Å². The summed E-state index contributed by atoms with van der Waals surface area (Å²) >= 11 is 0. The van der Waals surface area contributed by atoms with Gasteiger partial charge in [-0.05, 0) is 6.42 Å². The highest BCUT2D eigenvalue weighted by Gasteiger charge is 2.21. The minimum absolute atomic E-state index is 0.0167. The van der Waals surface area contributed by atoms with Crippen molar-refractivity contribution in [2.75, 3.05) is 0 Å². The van der Waals surface area contributed by atoms with Gasteiger partial charge in [-0.1, -0.05) is 32.6 Å². The molecule has 16 heavy (non-hydrogen) atoms. The van der Waals surface area contributed by atoms with Crippen molar-refractivity contribution in [3.63, 3.8) is 0 Å². The largest absolute Gasteiger partial charge is 0.374 e. The Morgan fingerprint density at radius 1 is 1.31 bits per heavy atom. The Balaban J connectivity index is 2.43. The average molecular weight is 246 g/mol. The van der Waals surface area contributed by atoms with Crippen LogP contribution in [0.1, 0.15) is 39.0 Å². The fourth-order valence-electron chi connectivity index (χ4n) is 1.61. The van der Waals surface area contributed by atoms with Crippen LogP contribution in [0.15, 0.2) is 12.5 Å². The topological polar surface area (TPSA) is 75.4 Å². The summed E-state index contributed by atoms with van der Waals surface area (Å²) in [6.07, 6.45) is 8.33. The van der Waals surface area contributed by atoms with Crippen molar-refractivity contribution >= 4 is 13.0 Å². The quantitative estimate of drug-likeness (QED) is 0.566. The zero-order valence-electron chi connectivity index (χ0n) is 9.54. The number of hydrogen-bond donors (Lipinski definition) is 2. The van der Waals surface area contributed by atoms with E-state index in [1.54, 1.807) is 4.57 Å². The average Bonchev–Trinajstić information content (AvgIpc) is 2.65. The monoisotopic (exact) mass is 246 g/mol. The van der Waals surface area contributed by atoms with Crippen LogP contribution in [0.5, 0.6) is 0 Å². The summed E-state index contributed by atoms with van der Waals surface area (Å²) in [5.74, 6) is 0. The van der Waals surface area contributed by atoms with Gasteiger partial charge in [0.2, 0.25) is 0 Å². The lowest BCUT2D eigenvalue weighted by Crippen LogP contribution is -2.16. The lowest BCUT2D eigenvalue weighted by Gasteiger charge is -2.08. The number of rotatable bonds is 7. The molecule has 0 atom stereocenters. The van der Waals surface area contributed by atoms with Crippen LogP contribution < -0.4 is 5.44 Å². The first kappa shape index (κ1) is 13.4. The van der Waals surface area contributed by atoms with Crippen molar-refractivity contribution in [3.05, 3.63) is 12.5 Å². The molecule has 6 heteroatoms. The number of aryl methyl sites for hydroxylation is 1. The third kappa shape index (κ3) is 4.08. The Kier molecular flexibility index (Phi) is 5.19. The van der Waals surface area contributed by atoms with Gasteiger partial charge in [-0.3, -0.25) is 4.57 Å². The van der Waals surface area contributed by atoms with E-state index in [1.165, 1.54) is 31.8 Å². The molecule has 0 spiro atoms. The van der Waals surface area contributed by atoms with Crippen LogP contribution >= 0.6 is 7.60 Å². The van der Waals surface area contributed by atoms with Gasteiger partial charge < -0.3 is 14.4 Å². The van der Waals surface area contributed by atoms with Gasteiger partial charge in [0.25, 0.3) is 0 Å². The first-order valence-electron chi connectivity index (χ1n) is 5.62. The highest BCUT2D eigenvalue weighted by Crippen LogP contribution is 2.32. The molecule has 92 valence electrons. The van der Waals surface area contributed by atoms with Gasteiger partial charge in [-0.15, -0.1) is 0 Å². The second-order valence-electron chi connectivity index (χ2n) is 3.90. The highest BCUT2D eigenvalue weighted by molar-refractivity contribution is 7.60. The molecule has 0 saturated carbocycles. The fraction of sp³-hybridized carbons (Fsp3) is 0.700. The maximum atomic E-state index is 11.1. The predicted octanol–water partition coefficient (Wildman–Crippen LogP) is 1.66. The molecule has 0 bridgehead atoms. The summed E-state index contributed by atoms with van der Waals surface area (Å²) in [5.41, 5.74) is 0.0167. The van der Waals surface area contributed by atoms with Gasteiger partial charge in [-0.2, -0.15) is 0 Å². The molecule has 0 aliphatic rings. The second-order valence-corrected chi connectivity index (χ2v) is 5.45. The summed E-state index contributed by atoms with van der Waals surface area (Å²) in [6, 6.07) is 0. The second kappa shape index (κ2) is 6.18. The normalized spacial score (nSPS) is 11.9. The Bertz CT molecular complexity index is 359. The number of nitrogens with zero attached hydrogens (tertiary/aromatic N) is 2. The maximum absolute atomic E-state index is 11.1. The fourth-order valence-corrected chi connectivity index (χ4v) is 2.32. The van der Waals surface area contributed by atoms with Crippen LogP contribution in [0.2, 0.25) is 0 Å². The molecule has 0 aliphatic carbocycles. The summed E-state index contributed by atoms with van der Waals surface area (Å²) in [5, 5.41) is 0. The summed E-state index contributed by atoms with van der Waals surface area (Å²) in [7, 11) is -4.17. The van der Waals surface area contributed by atoms with Gasteiger partial charge in [0, 0.05) is 6.54 Å². The Morgan fingerprint density at radius 2 is 2.00 bits per heavy atom. The Morgan fingerprint density at radius 3 is 2.62 bits per heavy atom. The molecule has 0 amide bonds. The van der Waals surface area contributed by atoms with Crippen molar-refractivity contribution in [2.45, 2.75) is 45.6 Å². The molecule has 0 aliphatic heterocycles. The molecule has 1 rings (SSSR count). The lowest BCUT2D eigenvalue weighted by atomic mass is 10.1. The van der Waals surface area contributed by atoms with Gasteiger partial charge in [0.1, 0.15) is 0 Å². The first-order valence-corrected chi connectivity index (χ1v) is 7.23. The molecule has 2 N–H and O–H groups in total. The highest BCUT2D eigenvalue weighted by atomic mass is 31.2. The van der Waals surface area contributed by atoms with Crippen LogP contribution in [-0.4, -0.2) is 19.3 Å². The summed E-state index contributed by atoms with van der Waals surface area (Å²) < 4.78 is 12.6. The molecular weight excluding hydrogens is 227 g/mol. The molecule has 5 nitrogen and oxygen atoms in total. The molecule has 1 heterocycles. The minimum atomic E-state index is -4.17. The van der Waals surface area contributed by atoms with Crippen molar-refractivity contribution in [1.29, 1.82) is 0 Å². The zero-order valence-corrected chi connectivity index (χ0v) is 10.4. The summed E-state index contributed by atoms with van der Waals surface area (Å²) in [6.45, 7) is 2.78. The molecule has 0 radical (unpaired) electrons. The van der Waals surface area contributed by atoms with Crippen molar-refractivity contribution in [3.8, 4) is 0 Å². The number of aromatic nitrogens is 2. The van der Waals surface area contributed by atoms with Crippen molar-refractivity contribution in [1.82, 2.24) is 9.55 Å². The third-order valence-electron chi connectivity index (χ3n) is 2.49. The van der Waals surface area contributed by atoms with E-state index in [-0.39, 0.29) is 5.44 Å². The molecule has 1 aromatic rings. The maximum Gasteiger partial charge on any atom is 0.374 e. The van der Waals surface area contributed by atoms with E-state index in [9.17, 15) is 4.57 Å². The van der Waals surface area contributed by atoms with E-state index >= 15 is 0 Å². The standard InChI is InChI=1S/C10H19N2O3P/c1-2-3-4-5-6-7-12-9-11-8-10(12)16(13,14)15/h8-9H,2-7H2,1H3,(H2,13,14,15). The summed E-state index contributed by atoms with van der Waals surface area (Å²) in [4.78, 5) is 21.9. The van der Waals surface area contributed by atoms with E-state index in [2.05, 4.69) is 11.9 Å². The van der Waals surface area contributed by atoms with Gasteiger partial charge >= 0.3 is 7.60 Å². The number of unbranched alkanes of at least 4 members (excludes halogenated alkanes) is 4. The first-order chi connectivity index (χ1) is 7.55. The van der Waals surface area contributed by atoms with E-state index in [4.69, 9.17) is 9.79 Å². The van der Waals surface area contributed by atoms with Crippen LogP contribution in [0.4, 0.5) is 0 Å². The Labute approximate surface area is 95.7 Å². The number of imidazole rings is 1. The van der Waals surface area contributed by atoms with Crippen molar-refractivity contribution in [2.24, 2.45) is 0 Å². The van der Waals surface area contributed by atoms with Gasteiger partial charge in [0.15, 0.2) is 5.44 Å². The molecule has 0 saturated heterocycles. The smallest absolute Gasteiger partial charge is 0.324 e. The third-order valence-corrected chi connectivity index (χ3v) is 3.46. The van der Waals surface area contributed by atoms with E-state index in [1.807, 2.05) is 0 Å². The van der Waals surface area contributed by atoms with E-state index in [0.29, 0.717) is 6.54 Å². The molecular formula is C10H19N2O3P. The Hall–Kier alpha value is -0.640. The van der Waals surface area contributed by atoms with Crippen LogP contribution in [0.25, 0.3) is 0 Å². The molecule has 0 aromatic carbocycles. The minimum Gasteiger partial charge on any atom is -0.324 e. The molecule has 1 aromatic heterocycles. The van der Waals surface area contributed by atoms with Crippen LogP contribution in [0, 0.1) is 0 Å². The molecule has 0 fully saturated rings. The lowest BCUT2D eigenvalue weighted by molar-refractivity contribution is 0.384. The van der Waals surface area contributed by atoms with E-state index < -0.39 is 7.60 Å². The van der Waals surface area contributed by atoms with Gasteiger partial charge in [-0.25, -0.2) is 4.98 Å². The zero-order chi connectivity index (χ0) is 12.0. The molecule has 0 unspecified atom stereocenters. The number of hydrogen-bond acceptors (Lipinski definition) is 2. The predicted molar refractivity (Wildman–Crippen MR) is 62.7 cm³/mol. The SMILES string of the molecule is CCCCCCCn1cncc1P(=O)(O)O. The van der Waals surface area contributed by atoms with Crippen molar-refractivity contribution < 1.29 is 14.4 Å². The van der Waals surface area contributed by atoms with Gasteiger partial charge in [0.05, 0.1) is 12.5 Å². The van der Waals surface area contributed by atoms with E-state index in [0.717, 1.165) is 12.8 Å². The van der Waals surface area contributed by atoms with Crippen LogP contribution in [-0.2, 0) is 11.1 Å².